The van der Waals surface area contributed by atoms with Gasteiger partial charge < -0.3 is 10.4 Å². The van der Waals surface area contributed by atoms with E-state index in [9.17, 15) is 23.1 Å². The number of nitrogens with one attached hydrogen (secondary N) is 3. The van der Waals surface area contributed by atoms with E-state index in [1.54, 1.807) is 0 Å². The molecule has 2 atom stereocenters. The standard InChI is InChI=1S/C21H23N5O5S/c1-32(30,31)25-18(21(28)29)12-17(23-20(27)19-13-22-26-24-19)11-14-7-9-16(10-8-14)15-5-3-2-4-6-15/h2-10,13,17-18,25H,11-12H2,1H3,(H,23,27)(H,28,29)(H,22,24,26)/t17-,18-/m1/s1. The summed E-state index contributed by atoms with van der Waals surface area (Å²) in [6, 6.07) is 15.4. The van der Waals surface area contributed by atoms with Crippen LogP contribution in [0.25, 0.3) is 11.1 Å². The van der Waals surface area contributed by atoms with Crippen LogP contribution < -0.4 is 10.0 Å². The zero-order chi connectivity index (χ0) is 23.1. The Balaban J connectivity index is 1.79. The van der Waals surface area contributed by atoms with Gasteiger partial charge in [-0.25, -0.2) is 13.1 Å². The molecule has 2 aromatic carbocycles. The highest BCUT2D eigenvalue weighted by Gasteiger charge is 2.27. The zero-order valence-corrected chi connectivity index (χ0v) is 18.0. The fraction of sp³-hybridized carbons (Fsp3) is 0.238. The third kappa shape index (κ3) is 6.72. The van der Waals surface area contributed by atoms with Crippen molar-refractivity contribution >= 4 is 21.9 Å². The summed E-state index contributed by atoms with van der Waals surface area (Å²) < 4.78 is 25.3. The molecule has 32 heavy (non-hydrogen) atoms. The van der Waals surface area contributed by atoms with Crippen molar-refractivity contribution in [2.24, 2.45) is 0 Å². The number of carbonyl (C=O) groups is 2. The molecule has 0 spiro atoms. The molecule has 1 heterocycles. The summed E-state index contributed by atoms with van der Waals surface area (Å²) in [5, 5.41) is 21.8. The number of amides is 1. The van der Waals surface area contributed by atoms with Gasteiger partial charge in [-0.3, -0.25) is 9.59 Å². The molecule has 0 aliphatic carbocycles. The SMILES string of the molecule is CS(=O)(=O)N[C@H](C[C@@H](Cc1ccc(-c2ccccc2)cc1)NC(=O)c1cn[nH]n1)C(=O)O. The van der Waals surface area contributed by atoms with Crippen LogP contribution in [0.2, 0.25) is 0 Å². The molecule has 1 aromatic heterocycles. The van der Waals surface area contributed by atoms with Crippen molar-refractivity contribution in [2.45, 2.75) is 24.9 Å². The number of aromatic amines is 1. The van der Waals surface area contributed by atoms with E-state index < -0.39 is 34.0 Å². The minimum atomic E-state index is -3.77. The Labute approximate surface area is 185 Å². The summed E-state index contributed by atoms with van der Waals surface area (Å²) >= 11 is 0. The maximum atomic E-state index is 12.5. The first-order valence-corrected chi connectivity index (χ1v) is 11.6. The number of carbonyl (C=O) groups excluding carboxylic acids is 1. The molecule has 0 radical (unpaired) electrons. The first-order chi connectivity index (χ1) is 15.2. The summed E-state index contributed by atoms with van der Waals surface area (Å²) in [5.41, 5.74) is 2.95. The molecular formula is C21H23N5O5S. The predicted molar refractivity (Wildman–Crippen MR) is 117 cm³/mol. The number of aromatic nitrogens is 3. The third-order valence-corrected chi connectivity index (χ3v) is 5.41. The zero-order valence-electron chi connectivity index (χ0n) is 17.2. The lowest BCUT2D eigenvalue weighted by Crippen LogP contribution is -2.47. The Morgan fingerprint density at radius 2 is 1.72 bits per heavy atom. The largest absolute Gasteiger partial charge is 0.480 e. The van der Waals surface area contributed by atoms with E-state index in [2.05, 4.69) is 25.4 Å². The van der Waals surface area contributed by atoms with E-state index in [0.717, 1.165) is 22.9 Å². The molecule has 0 saturated carbocycles. The lowest BCUT2D eigenvalue weighted by molar-refractivity contribution is -0.139. The first kappa shape index (κ1) is 23.1. The van der Waals surface area contributed by atoms with Gasteiger partial charge >= 0.3 is 5.97 Å². The van der Waals surface area contributed by atoms with Gasteiger partial charge in [0.25, 0.3) is 5.91 Å². The van der Waals surface area contributed by atoms with Crippen LogP contribution >= 0.6 is 0 Å². The fourth-order valence-corrected chi connectivity index (χ4v) is 3.97. The second-order valence-electron chi connectivity index (χ2n) is 7.31. The van der Waals surface area contributed by atoms with Gasteiger partial charge in [0.1, 0.15) is 6.04 Å². The van der Waals surface area contributed by atoms with Crippen molar-refractivity contribution in [3.05, 3.63) is 72.1 Å². The first-order valence-electron chi connectivity index (χ1n) is 9.72. The fourth-order valence-electron chi connectivity index (χ4n) is 3.25. The molecule has 11 heteroatoms. The summed E-state index contributed by atoms with van der Waals surface area (Å²) in [4.78, 5) is 24.1. The van der Waals surface area contributed by atoms with Gasteiger partial charge in [0.15, 0.2) is 5.69 Å². The van der Waals surface area contributed by atoms with Crippen molar-refractivity contribution in [2.75, 3.05) is 6.26 Å². The van der Waals surface area contributed by atoms with E-state index in [0.29, 0.717) is 0 Å². The summed E-state index contributed by atoms with van der Waals surface area (Å²) in [7, 11) is -3.77. The number of sulfonamides is 1. The number of benzene rings is 2. The van der Waals surface area contributed by atoms with Gasteiger partial charge in [-0.2, -0.15) is 15.4 Å². The van der Waals surface area contributed by atoms with Crippen LogP contribution in [0.4, 0.5) is 0 Å². The highest BCUT2D eigenvalue weighted by molar-refractivity contribution is 7.88. The Morgan fingerprint density at radius 1 is 1.06 bits per heavy atom. The summed E-state index contributed by atoms with van der Waals surface area (Å²) in [6.45, 7) is 0. The van der Waals surface area contributed by atoms with Gasteiger partial charge in [-0.1, -0.05) is 54.6 Å². The molecule has 0 aliphatic rings. The molecule has 3 aromatic rings. The molecule has 1 amide bonds. The van der Waals surface area contributed by atoms with Crippen molar-refractivity contribution in [1.82, 2.24) is 25.4 Å². The van der Waals surface area contributed by atoms with Crippen LogP contribution in [0.3, 0.4) is 0 Å². The van der Waals surface area contributed by atoms with E-state index in [-0.39, 0.29) is 18.5 Å². The second-order valence-corrected chi connectivity index (χ2v) is 9.09. The van der Waals surface area contributed by atoms with Gasteiger partial charge in [0.2, 0.25) is 10.0 Å². The van der Waals surface area contributed by atoms with Crippen LogP contribution in [0.1, 0.15) is 22.5 Å². The average Bonchev–Trinajstić information content (AvgIpc) is 3.28. The molecule has 0 bridgehead atoms. The van der Waals surface area contributed by atoms with E-state index >= 15 is 0 Å². The van der Waals surface area contributed by atoms with Crippen LogP contribution in [0.5, 0.6) is 0 Å². The highest BCUT2D eigenvalue weighted by atomic mass is 32.2. The third-order valence-electron chi connectivity index (χ3n) is 4.70. The van der Waals surface area contributed by atoms with Crippen molar-refractivity contribution in [3.8, 4) is 11.1 Å². The Kier molecular flexibility index (Phi) is 7.33. The van der Waals surface area contributed by atoms with Crippen molar-refractivity contribution in [1.29, 1.82) is 0 Å². The minimum absolute atomic E-state index is 0.0392. The highest BCUT2D eigenvalue weighted by Crippen LogP contribution is 2.20. The number of nitrogens with zero attached hydrogens (tertiary/aromatic N) is 2. The molecule has 10 nitrogen and oxygen atoms in total. The molecule has 4 N–H and O–H groups in total. The van der Waals surface area contributed by atoms with Gasteiger partial charge in [0, 0.05) is 6.04 Å². The minimum Gasteiger partial charge on any atom is -0.480 e. The number of carboxylic acids is 1. The lowest BCUT2D eigenvalue weighted by atomic mass is 9.97. The van der Waals surface area contributed by atoms with Crippen LogP contribution in [-0.4, -0.2) is 59.2 Å². The second kappa shape index (κ2) is 10.2. The maximum Gasteiger partial charge on any atom is 0.321 e. The number of aliphatic carboxylic acids is 1. The Hall–Kier alpha value is -3.57. The van der Waals surface area contributed by atoms with Crippen molar-refractivity contribution < 1.29 is 23.1 Å². The molecular weight excluding hydrogens is 434 g/mol. The quantitative estimate of drug-likeness (QED) is 0.357. The Morgan fingerprint density at radius 3 is 2.28 bits per heavy atom. The lowest BCUT2D eigenvalue weighted by Gasteiger charge is -2.22. The van der Waals surface area contributed by atoms with Crippen molar-refractivity contribution in [3.63, 3.8) is 0 Å². The molecule has 0 unspecified atom stereocenters. The average molecular weight is 458 g/mol. The van der Waals surface area contributed by atoms with Gasteiger partial charge in [-0.05, 0) is 29.5 Å². The topological polar surface area (TPSA) is 154 Å². The van der Waals surface area contributed by atoms with Crippen LogP contribution in [0, 0.1) is 0 Å². The van der Waals surface area contributed by atoms with E-state index in [4.69, 9.17) is 0 Å². The van der Waals surface area contributed by atoms with Crippen LogP contribution in [0.15, 0.2) is 60.8 Å². The molecule has 168 valence electrons. The number of rotatable bonds is 10. The molecule has 3 rings (SSSR count). The van der Waals surface area contributed by atoms with Gasteiger partial charge in [-0.15, -0.1) is 0 Å². The number of hydrogen-bond acceptors (Lipinski definition) is 6. The molecule has 0 aliphatic heterocycles. The number of hydrogen-bond donors (Lipinski definition) is 4. The Bertz CT molecular complexity index is 1150. The van der Waals surface area contributed by atoms with E-state index in [1.165, 1.54) is 6.20 Å². The number of H-pyrrole nitrogens is 1. The summed E-state index contributed by atoms with van der Waals surface area (Å²) in [5.74, 6) is -1.89. The molecule has 0 fully saturated rings. The normalized spacial score (nSPS) is 13.3. The van der Waals surface area contributed by atoms with Gasteiger partial charge in [0.05, 0.1) is 12.5 Å². The van der Waals surface area contributed by atoms with Crippen LogP contribution in [-0.2, 0) is 21.2 Å². The monoisotopic (exact) mass is 457 g/mol. The van der Waals surface area contributed by atoms with E-state index in [1.807, 2.05) is 54.6 Å². The number of carboxylic acid groups (broad SMARTS) is 1. The maximum absolute atomic E-state index is 12.5. The predicted octanol–water partition coefficient (Wildman–Crippen LogP) is 1.21. The smallest absolute Gasteiger partial charge is 0.321 e. The summed E-state index contributed by atoms with van der Waals surface area (Å²) in [6.07, 6.45) is 2.25. The molecule has 0 saturated heterocycles.